The van der Waals surface area contributed by atoms with Crippen LogP contribution in [0.4, 0.5) is 8.78 Å². The Hall–Kier alpha value is -4.98. The van der Waals surface area contributed by atoms with Crippen molar-refractivity contribution in [2.24, 2.45) is 5.73 Å². The number of carbonyl (C=O) groups is 5. The Labute approximate surface area is 301 Å². The normalized spacial score (nSPS) is 13.6. The van der Waals surface area contributed by atoms with E-state index in [1.807, 2.05) is 19.1 Å². The number of nitrogens with two attached hydrogens (primary N) is 1. The molecule has 0 radical (unpaired) electrons. The molecular weight excluding hydrogens is 699 g/mol. The number of unbranched alkanes of at least 4 members (excludes halogenated alkanes) is 1. The van der Waals surface area contributed by atoms with E-state index in [-0.39, 0.29) is 25.2 Å². The fourth-order valence-electron chi connectivity index (χ4n) is 5.25. The first-order valence-corrected chi connectivity index (χ1v) is 17.9. The first-order valence-electron chi connectivity index (χ1n) is 16.7. The third kappa shape index (κ3) is 13.6. The minimum atomic E-state index is -4.06. The molecule has 52 heavy (non-hydrogen) atoms. The van der Waals surface area contributed by atoms with E-state index in [0.717, 1.165) is 29.7 Å². The zero-order chi connectivity index (χ0) is 38.3. The molecule has 0 fully saturated rings. The summed E-state index contributed by atoms with van der Waals surface area (Å²) in [4.78, 5) is 72.8. The van der Waals surface area contributed by atoms with Gasteiger partial charge in [0.15, 0.2) is 0 Å². The van der Waals surface area contributed by atoms with Gasteiger partial charge in [-0.1, -0.05) is 73.7 Å². The molecule has 3 aromatic carbocycles. The summed E-state index contributed by atoms with van der Waals surface area (Å²) in [5.74, 6) is -3.12. The molecule has 0 saturated heterocycles. The maximum absolute atomic E-state index is 14.2. The lowest BCUT2D eigenvalue weighted by Gasteiger charge is -2.25. The molecule has 0 aliphatic rings. The van der Waals surface area contributed by atoms with Crippen LogP contribution in [0.2, 0.25) is 0 Å². The number of rotatable bonds is 20. The topological polar surface area (TPSA) is 206 Å². The molecule has 280 valence electrons. The zero-order valence-corrected chi connectivity index (χ0v) is 29.8. The molecule has 0 aromatic heterocycles. The smallest absolute Gasteiger partial charge is 0.368 e. The van der Waals surface area contributed by atoms with Crippen LogP contribution in [0.25, 0.3) is 0 Å². The molecule has 7 N–H and O–H groups in total. The monoisotopic (exact) mass is 743 g/mol. The second-order valence-electron chi connectivity index (χ2n) is 12.1. The summed E-state index contributed by atoms with van der Waals surface area (Å²) in [6, 6.07) is 16.8. The lowest BCUT2D eigenvalue weighted by atomic mass is 10.0. The van der Waals surface area contributed by atoms with Crippen LogP contribution >= 0.6 is 8.25 Å². The quantitative estimate of drug-likeness (QED) is 0.0748. The molecule has 3 rings (SSSR count). The highest BCUT2D eigenvalue weighted by Gasteiger charge is 2.35. The molecule has 5 amide bonds. The van der Waals surface area contributed by atoms with Crippen LogP contribution in [0.3, 0.4) is 0 Å². The fraction of sp³-hybridized carbons (Fsp3) is 0.361. The summed E-state index contributed by atoms with van der Waals surface area (Å²) in [5.41, 5.74) is 7.52. The van der Waals surface area contributed by atoms with Crippen LogP contribution in [-0.2, 0) is 53.6 Å². The number of benzene rings is 3. The minimum absolute atomic E-state index is 0.0862. The van der Waals surface area contributed by atoms with E-state index in [2.05, 4.69) is 25.8 Å². The Morgan fingerprint density at radius 3 is 1.87 bits per heavy atom. The Morgan fingerprint density at radius 2 is 1.33 bits per heavy atom. The van der Waals surface area contributed by atoms with Gasteiger partial charge in [-0.2, -0.15) is 8.78 Å². The molecule has 3 aromatic rings. The van der Waals surface area contributed by atoms with E-state index < -0.39 is 61.7 Å². The van der Waals surface area contributed by atoms with Crippen molar-refractivity contribution in [2.45, 2.75) is 76.6 Å². The van der Waals surface area contributed by atoms with Gasteiger partial charge in [-0.25, -0.2) is 4.52 Å². The Bertz CT molecular complexity index is 1690. The summed E-state index contributed by atoms with van der Waals surface area (Å²) in [6.45, 7) is 3.55. The van der Waals surface area contributed by atoms with Crippen molar-refractivity contribution < 1.29 is 46.7 Å². The molecule has 4 atom stereocenters. The molecule has 0 aliphatic carbocycles. The summed E-state index contributed by atoms with van der Waals surface area (Å²) in [6.07, 6.45) is -2.40. The molecule has 0 saturated carbocycles. The van der Waals surface area contributed by atoms with Gasteiger partial charge in [-0.05, 0) is 54.5 Å². The predicted octanol–water partition coefficient (Wildman–Crippen LogP) is 3.04. The highest BCUT2D eigenvalue weighted by molar-refractivity contribution is 7.32. The first kappa shape index (κ1) is 41.4. The lowest BCUT2D eigenvalue weighted by molar-refractivity contribution is -0.185. The molecule has 0 bridgehead atoms. The first-order chi connectivity index (χ1) is 24.7. The van der Waals surface area contributed by atoms with Gasteiger partial charge < -0.3 is 31.9 Å². The van der Waals surface area contributed by atoms with Gasteiger partial charge in [0.25, 0.3) is 5.91 Å². The Morgan fingerprint density at radius 1 is 0.788 bits per heavy atom. The van der Waals surface area contributed by atoms with Gasteiger partial charge in [0, 0.05) is 31.9 Å². The van der Waals surface area contributed by atoms with Crippen LogP contribution in [0.15, 0.2) is 78.9 Å². The number of hydrogen-bond donors (Lipinski definition) is 6. The van der Waals surface area contributed by atoms with Crippen molar-refractivity contribution in [1.29, 1.82) is 0 Å². The van der Waals surface area contributed by atoms with E-state index in [1.54, 1.807) is 42.5 Å². The van der Waals surface area contributed by atoms with Crippen LogP contribution < -0.4 is 27.0 Å². The number of nitrogens with one attached hydrogen (secondary N) is 4. The van der Waals surface area contributed by atoms with Gasteiger partial charge in [0.1, 0.15) is 18.1 Å². The van der Waals surface area contributed by atoms with Gasteiger partial charge in [0.2, 0.25) is 23.6 Å². The third-order valence-electron chi connectivity index (χ3n) is 8.04. The summed E-state index contributed by atoms with van der Waals surface area (Å²) in [5, 5.41) is 10.6. The average Bonchev–Trinajstić information content (AvgIpc) is 3.10. The lowest BCUT2D eigenvalue weighted by Crippen LogP contribution is -2.57. The van der Waals surface area contributed by atoms with E-state index in [9.17, 15) is 37.3 Å². The van der Waals surface area contributed by atoms with Crippen molar-refractivity contribution in [2.75, 3.05) is 6.54 Å². The summed E-state index contributed by atoms with van der Waals surface area (Å²) < 4.78 is 43.1. The molecule has 0 aliphatic heterocycles. The van der Waals surface area contributed by atoms with Gasteiger partial charge >= 0.3 is 14.4 Å². The van der Waals surface area contributed by atoms with Crippen LogP contribution in [0.1, 0.15) is 65.7 Å². The fourth-order valence-corrected chi connectivity index (χ4v) is 5.59. The summed E-state index contributed by atoms with van der Waals surface area (Å²) in [7, 11) is -3.96. The zero-order valence-electron chi connectivity index (χ0n) is 28.8. The Kier molecular flexibility index (Phi) is 16.1. The van der Waals surface area contributed by atoms with Crippen LogP contribution in [0, 0.1) is 0 Å². The van der Waals surface area contributed by atoms with Crippen molar-refractivity contribution >= 4 is 37.8 Å². The Balaban J connectivity index is 1.72. The standard InChI is InChI=1S/C36H44F2N5O8P/c1-3-24-12-16-27(17-13-24)33(46)40-20-8-7-11-29(32(39)45)42-35(48)31(22-26-14-18-28(19-15-26)36(37,38)51-52(49)50)43-34(47)30(41-23(2)44)21-25-9-5-4-6-10-25/h4-6,9-10,12-19,29-31,52H,3,7-8,11,20-22H2,1-2H3,(H2,39,45)(H,40,46)(H,41,44)(H,42,48)(H,43,47)(H,49,50). The molecule has 0 spiro atoms. The number of aryl methyl sites for hydroxylation is 1. The van der Waals surface area contributed by atoms with Crippen molar-refractivity contribution in [3.63, 3.8) is 0 Å². The minimum Gasteiger partial charge on any atom is -0.368 e. The highest BCUT2D eigenvalue weighted by Crippen LogP contribution is 2.37. The van der Waals surface area contributed by atoms with E-state index in [1.165, 1.54) is 19.1 Å². The van der Waals surface area contributed by atoms with E-state index in [0.29, 0.717) is 30.5 Å². The van der Waals surface area contributed by atoms with Crippen molar-refractivity contribution in [3.05, 3.63) is 107 Å². The van der Waals surface area contributed by atoms with E-state index in [4.69, 9.17) is 10.6 Å². The number of hydrogen-bond acceptors (Lipinski definition) is 7. The van der Waals surface area contributed by atoms with Gasteiger partial charge in [0.05, 0.1) is 5.56 Å². The number of carbonyl (C=O) groups excluding carboxylic acids is 5. The van der Waals surface area contributed by atoms with Crippen molar-refractivity contribution in [1.82, 2.24) is 21.3 Å². The molecule has 13 nitrogen and oxygen atoms in total. The maximum Gasteiger partial charge on any atom is 0.389 e. The SMILES string of the molecule is CCc1ccc(C(=O)NCCCCC(NC(=O)C(Cc2ccc(C(F)(F)O[PH](=O)O)cc2)NC(=O)C(Cc2ccccc2)NC(C)=O)C(N)=O)cc1. The van der Waals surface area contributed by atoms with Crippen LogP contribution in [-0.4, -0.2) is 59.1 Å². The number of primary amides is 1. The number of amides is 5. The van der Waals surface area contributed by atoms with Gasteiger partial charge in [-0.3, -0.25) is 28.5 Å². The van der Waals surface area contributed by atoms with E-state index >= 15 is 0 Å². The largest absolute Gasteiger partial charge is 0.389 e. The average molecular weight is 744 g/mol. The van der Waals surface area contributed by atoms with Crippen LogP contribution in [0.5, 0.6) is 0 Å². The highest BCUT2D eigenvalue weighted by atomic mass is 31.1. The van der Waals surface area contributed by atoms with Crippen molar-refractivity contribution in [3.8, 4) is 0 Å². The van der Waals surface area contributed by atoms with Gasteiger partial charge in [-0.15, -0.1) is 0 Å². The molecule has 4 unspecified atom stereocenters. The molecular formula is C36H44F2N5O8P. The second-order valence-corrected chi connectivity index (χ2v) is 12.8. The third-order valence-corrected chi connectivity index (χ3v) is 8.48. The number of halogens is 2. The maximum atomic E-state index is 14.2. The molecule has 0 heterocycles. The number of alkyl halides is 2. The predicted molar refractivity (Wildman–Crippen MR) is 189 cm³/mol. The second kappa shape index (κ2) is 20.2. The summed E-state index contributed by atoms with van der Waals surface area (Å²) >= 11 is 0. The molecule has 16 heteroatoms.